The third-order valence-corrected chi connectivity index (χ3v) is 6.55. The molecule has 12 N–H and O–H groups in total. The minimum Gasteiger partial charge on any atom is -0.508 e. The van der Waals surface area contributed by atoms with Gasteiger partial charge in [-0.1, -0.05) is 18.7 Å². The summed E-state index contributed by atoms with van der Waals surface area (Å²) in [5, 5.41) is 18.9. The molecule has 0 aliphatic heterocycles. The second kappa shape index (κ2) is 14.9. The molecule has 4 atom stereocenters. The van der Waals surface area contributed by atoms with Crippen LogP contribution in [-0.4, -0.2) is 61.0 Å². The molecule has 0 saturated carbocycles. The molecule has 39 heavy (non-hydrogen) atoms. The predicted octanol–water partition coefficient (Wildman–Crippen LogP) is 0.0414. The zero-order chi connectivity index (χ0) is 29.1. The minimum atomic E-state index is -0.977. The molecule has 0 aromatic heterocycles. The first-order valence-electron chi connectivity index (χ1n) is 12.8. The monoisotopic (exact) mass is 539 g/mol. The Labute approximate surface area is 229 Å². The molecule has 212 valence electrons. The van der Waals surface area contributed by atoms with Crippen molar-refractivity contribution in [1.29, 1.82) is 0 Å². The fraction of sp³-hybridized carbons (Fsp3) is 0.393. The first-order chi connectivity index (χ1) is 18.5. The number of rotatable bonds is 15. The van der Waals surface area contributed by atoms with Gasteiger partial charge in [-0.3, -0.25) is 9.59 Å². The van der Waals surface area contributed by atoms with Gasteiger partial charge in [-0.25, -0.2) is 0 Å². The lowest BCUT2D eigenvalue weighted by Gasteiger charge is -2.21. The summed E-state index contributed by atoms with van der Waals surface area (Å²) in [5.74, 6) is -0.733. The van der Waals surface area contributed by atoms with Crippen molar-refractivity contribution in [1.82, 2.24) is 16.0 Å². The lowest BCUT2D eigenvalue weighted by molar-refractivity contribution is -0.125. The van der Waals surface area contributed by atoms with Gasteiger partial charge in [-0.05, 0) is 86.3 Å². The molecule has 0 fully saturated rings. The highest BCUT2D eigenvalue weighted by Gasteiger charge is 2.22. The van der Waals surface area contributed by atoms with E-state index in [9.17, 15) is 19.5 Å². The number of benzene rings is 2. The average Bonchev–Trinajstić information content (AvgIpc) is 2.91. The molecule has 0 aliphatic rings. The van der Waals surface area contributed by atoms with Gasteiger partial charge < -0.3 is 48.8 Å². The Bertz CT molecular complexity index is 1170. The number of amides is 2. The van der Waals surface area contributed by atoms with Crippen LogP contribution in [0.2, 0.25) is 0 Å². The Morgan fingerprint density at radius 1 is 1.05 bits per heavy atom. The summed E-state index contributed by atoms with van der Waals surface area (Å²) < 4.78 is 0. The van der Waals surface area contributed by atoms with E-state index in [4.69, 9.17) is 22.9 Å². The maximum absolute atomic E-state index is 12.7. The van der Waals surface area contributed by atoms with Crippen LogP contribution in [0.4, 0.5) is 5.69 Å². The summed E-state index contributed by atoms with van der Waals surface area (Å²) >= 11 is 0. The van der Waals surface area contributed by atoms with Gasteiger partial charge in [0.1, 0.15) is 12.0 Å². The van der Waals surface area contributed by atoms with Gasteiger partial charge in [-0.15, -0.1) is 0 Å². The van der Waals surface area contributed by atoms with Gasteiger partial charge in [-0.2, -0.15) is 0 Å². The van der Waals surface area contributed by atoms with Crippen molar-refractivity contribution >= 4 is 23.8 Å². The van der Waals surface area contributed by atoms with E-state index >= 15 is 0 Å². The van der Waals surface area contributed by atoms with E-state index in [0.717, 1.165) is 16.7 Å². The van der Waals surface area contributed by atoms with E-state index in [1.165, 1.54) is 6.07 Å². The molecule has 0 bridgehead atoms. The van der Waals surface area contributed by atoms with E-state index in [1.807, 2.05) is 12.1 Å². The molecule has 2 aromatic rings. The highest BCUT2D eigenvalue weighted by molar-refractivity contribution is 5.85. The molecule has 0 aliphatic carbocycles. The Hall–Kier alpha value is -3.93. The van der Waals surface area contributed by atoms with Crippen molar-refractivity contribution in [2.75, 3.05) is 19.3 Å². The van der Waals surface area contributed by atoms with Crippen molar-refractivity contribution in [2.24, 2.45) is 17.2 Å². The van der Waals surface area contributed by atoms with Crippen molar-refractivity contribution in [2.45, 2.75) is 56.8 Å². The summed E-state index contributed by atoms with van der Waals surface area (Å²) in [5.41, 5.74) is 27.2. The van der Waals surface area contributed by atoms with Gasteiger partial charge in [0.05, 0.1) is 24.2 Å². The quantitative estimate of drug-likeness (QED) is 0.113. The van der Waals surface area contributed by atoms with Crippen molar-refractivity contribution < 1.29 is 19.5 Å². The number of hydrogen-bond donors (Lipinski definition) is 8. The number of anilines is 1. The number of aldehydes is 1. The van der Waals surface area contributed by atoms with Crippen LogP contribution >= 0.6 is 0 Å². The third-order valence-electron chi connectivity index (χ3n) is 6.55. The molecule has 0 saturated heterocycles. The number of phenolic OH excluding ortho intramolecular Hbond substituents is 1. The van der Waals surface area contributed by atoms with Gasteiger partial charge in [0.15, 0.2) is 0 Å². The van der Waals surface area contributed by atoms with Crippen molar-refractivity contribution in [3.63, 3.8) is 0 Å². The normalized spacial score (nSPS) is 14.1. The van der Waals surface area contributed by atoms with Crippen LogP contribution in [0.1, 0.15) is 30.9 Å². The van der Waals surface area contributed by atoms with Gasteiger partial charge in [0.2, 0.25) is 11.8 Å². The van der Waals surface area contributed by atoms with E-state index in [1.54, 1.807) is 32.2 Å². The number of nitrogen functional groups attached to an aromatic ring is 1. The summed E-state index contributed by atoms with van der Waals surface area (Å²) in [6.45, 7) is 5.82. The molecule has 0 unspecified atom stereocenters. The number of nitrogens with one attached hydrogen (secondary N) is 3. The molecule has 2 aromatic carbocycles. The van der Waals surface area contributed by atoms with E-state index in [0.29, 0.717) is 49.0 Å². The Morgan fingerprint density at radius 2 is 1.69 bits per heavy atom. The number of likely N-dealkylation sites (N-methyl/N-ethyl adjacent to an activating group) is 1. The minimum absolute atomic E-state index is 0.00438. The highest BCUT2D eigenvalue weighted by atomic mass is 16.3. The van der Waals surface area contributed by atoms with Crippen LogP contribution in [0.3, 0.4) is 0 Å². The molecule has 0 spiro atoms. The van der Waals surface area contributed by atoms with Crippen molar-refractivity contribution in [3.05, 3.63) is 59.8 Å². The SMILES string of the molecule is C=C(N)[C@H](C)NC(=O)[C@H](Cc1cc(-c2ccc(O)c(C[C@H](N)C(=O)N[C@H](C=O)CCCN)c2)ccc1N)NC. The lowest BCUT2D eigenvalue weighted by Crippen LogP contribution is -2.48. The third kappa shape index (κ3) is 9.10. The maximum atomic E-state index is 12.7. The average molecular weight is 540 g/mol. The second-order valence-corrected chi connectivity index (χ2v) is 9.60. The van der Waals surface area contributed by atoms with E-state index < -0.39 is 24.0 Å². The topological polar surface area (TPSA) is 212 Å². The lowest BCUT2D eigenvalue weighted by atomic mass is 9.95. The number of carbonyl (C=O) groups is 3. The van der Waals surface area contributed by atoms with Crippen LogP contribution in [0.5, 0.6) is 5.75 Å². The summed E-state index contributed by atoms with van der Waals surface area (Å²) in [6, 6.07) is 7.92. The number of carbonyl (C=O) groups excluding carboxylic acids is 3. The molecule has 11 nitrogen and oxygen atoms in total. The van der Waals surface area contributed by atoms with Crippen LogP contribution in [0.25, 0.3) is 11.1 Å². The van der Waals surface area contributed by atoms with Crippen molar-refractivity contribution in [3.8, 4) is 16.9 Å². The van der Waals surface area contributed by atoms with E-state index in [2.05, 4.69) is 22.5 Å². The molecule has 2 amide bonds. The zero-order valence-electron chi connectivity index (χ0n) is 22.6. The first kappa shape index (κ1) is 31.3. The predicted molar refractivity (Wildman–Crippen MR) is 153 cm³/mol. The Balaban J connectivity index is 2.22. The molecule has 0 radical (unpaired) electrons. The smallest absolute Gasteiger partial charge is 0.237 e. The molecule has 11 heteroatoms. The van der Waals surface area contributed by atoms with Crippen LogP contribution in [0, 0.1) is 0 Å². The number of hydrogen-bond acceptors (Lipinski definition) is 9. The summed E-state index contributed by atoms with van der Waals surface area (Å²) in [7, 11) is 1.69. The largest absolute Gasteiger partial charge is 0.508 e. The van der Waals surface area contributed by atoms with Gasteiger partial charge in [0.25, 0.3) is 0 Å². The Morgan fingerprint density at radius 3 is 2.28 bits per heavy atom. The van der Waals surface area contributed by atoms with Crippen LogP contribution in [0.15, 0.2) is 48.7 Å². The fourth-order valence-corrected chi connectivity index (χ4v) is 3.97. The van der Waals surface area contributed by atoms with Crippen LogP contribution < -0.4 is 38.9 Å². The van der Waals surface area contributed by atoms with E-state index in [-0.39, 0.29) is 24.1 Å². The Kier molecular flexibility index (Phi) is 11.9. The summed E-state index contributed by atoms with van der Waals surface area (Å²) in [6.07, 6.45) is 2.06. The number of phenols is 1. The maximum Gasteiger partial charge on any atom is 0.237 e. The van der Waals surface area contributed by atoms with Gasteiger partial charge in [0, 0.05) is 17.8 Å². The molecule has 2 rings (SSSR count). The van der Waals surface area contributed by atoms with Crippen LogP contribution in [-0.2, 0) is 27.2 Å². The standard InChI is InChI=1S/C28H41N7O4/c1-16(30)17(2)34-28(39)25(33-3)14-20-11-18(6-8-23(20)31)19-7-9-26(37)21(12-19)13-24(32)27(38)35-22(15-36)5-4-10-29/h6-9,11-12,15,17,22,24-25,33,37H,1,4-5,10,13-14,29-32H2,2-3H3,(H,34,39)(H,35,38)/t17-,22-,24-,25-/m0/s1. The number of aromatic hydroxyl groups is 1. The molecular weight excluding hydrogens is 498 g/mol. The van der Waals surface area contributed by atoms with Gasteiger partial charge >= 0.3 is 0 Å². The number of nitrogens with two attached hydrogens (primary N) is 4. The highest BCUT2D eigenvalue weighted by Crippen LogP contribution is 2.29. The summed E-state index contributed by atoms with van der Waals surface area (Å²) in [4.78, 5) is 36.5. The first-order valence-corrected chi connectivity index (χ1v) is 12.8. The second-order valence-electron chi connectivity index (χ2n) is 9.60. The fourth-order valence-electron chi connectivity index (χ4n) is 3.97. The molecule has 0 heterocycles. The zero-order valence-corrected chi connectivity index (χ0v) is 22.6. The molecular formula is C28H41N7O4.